The molecule has 0 atom stereocenters. The summed E-state index contributed by atoms with van der Waals surface area (Å²) >= 11 is 0. The Labute approximate surface area is 161 Å². The van der Waals surface area contributed by atoms with Crippen LogP contribution >= 0.6 is 0 Å². The zero-order valence-corrected chi connectivity index (χ0v) is 18.0. The van der Waals surface area contributed by atoms with Crippen LogP contribution in [0.5, 0.6) is 0 Å². The normalized spacial score (nSPS) is 12.0. The summed E-state index contributed by atoms with van der Waals surface area (Å²) in [6.07, 6.45) is -0.162. The minimum Gasteiger partial charge on any atom is -0.456 e. The van der Waals surface area contributed by atoms with Crippen LogP contribution in [-0.2, 0) is 24.3 Å². The molecule has 1 aromatic carbocycles. The van der Waals surface area contributed by atoms with Gasteiger partial charge in [0.1, 0.15) is 0 Å². The number of nitrogens with one attached hydrogen (secondary N) is 2. The lowest BCUT2D eigenvalue weighted by atomic mass is 10.0. The summed E-state index contributed by atoms with van der Waals surface area (Å²) < 4.78 is 32.6. The smallest absolute Gasteiger partial charge is 0.307 e. The first-order valence-corrected chi connectivity index (χ1v) is 10.3. The number of rotatable bonds is 7. The van der Waals surface area contributed by atoms with Crippen LogP contribution in [0, 0.1) is 27.7 Å². The fraction of sp³-hybridized carbons (Fsp3) is 0.579. The Morgan fingerprint density at radius 1 is 1.04 bits per heavy atom. The highest BCUT2D eigenvalue weighted by Crippen LogP contribution is 2.25. The van der Waals surface area contributed by atoms with Crippen LogP contribution in [0.15, 0.2) is 11.0 Å². The molecule has 0 aliphatic rings. The Bertz CT molecular complexity index is 797. The first kappa shape index (κ1) is 23.1. The highest BCUT2D eigenvalue weighted by Gasteiger charge is 2.22. The van der Waals surface area contributed by atoms with Gasteiger partial charge in [-0.1, -0.05) is 6.07 Å². The molecule has 0 heterocycles. The molecule has 0 saturated heterocycles. The van der Waals surface area contributed by atoms with Crippen LogP contribution < -0.4 is 10.0 Å². The molecule has 0 aromatic heterocycles. The van der Waals surface area contributed by atoms with Gasteiger partial charge in [0, 0.05) is 12.1 Å². The molecule has 0 aliphatic carbocycles. The third kappa shape index (κ3) is 6.95. The second kappa shape index (κ2) is 8.84. The number of carbonyl (C=O) groups is 2. The molecule has 0 bridgehead atoms. The van der Waals surface area contributed by atoms with Gasteiger partial charge in [-0.25, -0.2) is 13.1 Å². The average molecular weight is 399 g/mol. The molecule has 1 rings (SSSR count). The monoisotopic (exact) mass is 398 g/mol. The van der Waals surface area contributed by atoms with Crippen LogP contribution in [-0.4, -0.2) is 39.0 Å². The van der Waals surface area contributed by atoms with E-state index in [1.54, 1.807) is 13.8 Å². The van der Waals surface area contributed by atoms with Crippen molar-refractivity contribution >= 4 is 21.9 Å². The van der Waals surface area contributed by atoms with E-state index < -0.39 is 34.0 Å². The number of amides is 1. The van der Waals surface area contributed by atoms with Crippen molar-refractivity contribution in [3.63, 3.8) is 0 Å². The number of sulfonamides is 1. The molecule has 0 fully saturated rings. The summed E-state index contributed by atoms with van der Waals surface area (Å²) in [6.45, 7) is 12.2. The van der Waals surface area contributed by atoms with Crippen LogP contribution in [0.4, 0.5) is 0 Å². The molecular formula is C19H30N2O5S. The summed E-state index contributed by atoms with van der Waals surface area (Å²) in [5.41, 5.74) is 2.74. The van der Waals surface area contributed by atoms with Crippen molar-refractivity contribution in [2.24, 2.45) is 0 Å². The number of hydrogen-bond donors (Lipinski definition) is 2. The summed E-state index contributed by atoms with van der Waals surface area (Å²) in [5.74, 6) is -1.05. The first-order valence-electron chi connectivity index (χ1n) is 8.78. The van der Waals surface area contributed by atoms with E-state index in [4.69, 9.17) is 4.74 Å². The maximum Gasteiger partial charge on any atom is 0.307 e. The van der Waals surface area contributed by atoms with E-state index in [9.17, 15) is 18.0 Å². The minimum absolute atomic E-state index is 0.103. The third-order valence-electron chi connectivity index (χ3n) is 4.07. The summed E-state index contributed by atoms with van der Waals surface area (Å²) in [5, 5.41) is 2.67. The van der Waals surface area contributed by atoms with E-state index in [1.165, 1.54) is 0 Å². The summed E-state index contributed by atoms with van der Waals surface area (Å²) in [4.78, 5) is 23.6. The average Bonchev–Trinajstić information content (AvgIpc) is 2.49. The van der Waals surface area contributed by atoms with Crippen molar-refractivity contribution in [3.05, 3.63) is 28.3 Å². The van der Waals surface area contributed by atoms with Crippen molar-refractivity contribution in [1.82, 2.24) is 10.0 Å². The Morgan fingerprint density at radius 3 is 2.04 bits per heavy atom. The molecule has 0 aliphatic heterocycles. The Hall–Kier alpha value is -1.93. The van der Waals surface area contributed by atoms with E-state index in [0.29, 0.717) is 11.1 Å². The van der Waals surface area contributed by atoms with Gasteiger partial charge in [-0.15, -0.1) is 0 Å². The third-order valence-corrected chi connectivity index (χ3v) is 5.80. The van der Waals surface area contributed by atoms with Crippen LogP contribution in [0.3, 0.4) is 0 Å². The topological polar surface area (TPSA) is 102 Å². The second-order valence-electron chi connectivity index (χ2n) is 7.70. The highest BCUT2D eigenvalue weighted by atomic mass is 32.2. The number of carbonyl (C=O) groups excluding carboxylic acids is 2. The molecule has 1 amide bonds. The largest absolute Gasteiger partial charge is 0.456 e. The lowest BCUT2D eigenvalue weighted by molar-refractivity contribution is -0.148. The minimum atomic E-state index is -3.75. The molecule has 1 aromatic rings. The van der Waals surface area contributed by atoms with E-state index in [-0.39, 0.29) is 17.9 Å². The van der Waals surface area contributed by atoms with Crippen molar-refractivity contribution < 1.29 is 22.7 Å². The Morgan fingerprint density at radius 2 is 1.56 bits per heavy atom. The standard InChI is InChI=1S/C19H30N2O5S/c1-12-10-13(2)15(4)18(14(12)3)27(24,25)20-9-8-17(23)26-11-16(22)21-19(5,6)7/h10,20H,8-9,11H2,1-7H3,(H,21,22). The van der Waals surface area contributed by atoms with Crippen molar-refractivity contribution in [2.75, 3.05) is 13.2 Å². The van der Waals surface area contributed by atoms with E-state index in [1.807, 2.05) is 40.7 Å². The second-order valence-corrected chi connectivity index (χ2v) is 9.40. The zero-order valence-electron chi connectivity index (χ0n) is 17.1. The van der Waals surface area contributed by atoms with Gasteiger partial charge >= 0.3 is 5.97 Å². The number of aryl methyl sites for hydroxylation is 2. The predicted octanol–water partition coefficient (Wildman–Crippen LogP) is 2.05. The maximum absolute atomic E-state index is 12.7. The molecule has 0 unspecified atom stereocenters. The fourth-order valence-corrected chi connectivity index (χ4v) is 4.26. The maximum atomic E-state index is 12.7. The van der Waals surface area contributed by atoms with E-state index >= 15 is 0 Å². The lowest BCUT2D eigenvalue weighted by Gasteiger charge is -2.20. The van der Waals surface area contributed by atoms with Gasteiger partial charge in [-0.3, -0.25) is 9.59 Å². The molecule has 0 spiro atoms. The molecule has 8 heteroatoms. The van der Waals surface area contributed by atoms with Gasteiger partial charge in [-0.05, 0) is 70.7 Å². The fourth-order valence-electron chi connectivity index (χ4n) is 2.62. The first-order chi connectivity index (χ1) is 12.2. The van der Waals surface area contributed by atoms with Gasteiger partial charge < -0.3 is 10.1 Å². The Kier molecular flexibility index (Phi) is 7.57. The molecule has 27 heavy (non-hydrogen) atoms. The zero-order chi connectivity index (χ0) is 21.0. The Balaban J connectivity index is 2.64. The quantitative estimate of drug-likeness (QED) is 0.685. The molecule has 0 saturated carbocycles. The summed E-state index contributed by atoms with van der Waals surface area (Å²) in [6, 6.07) is 1.95. The van der Waals surface area contributed by atoms with Gasteiger partial charge in [0.05, 0.1) is 11.3 Å². The molecule has 7 nitrogen and oxygen atoms in total. The van der Waals surface area contributed by atoms with Gasteiger partial charge in [0.25, 0.3) is 5.91 Å². The highest BCUT2D eigenvalue weighted by molar-refractivity contribution is 7.89. The molecular weight excluding hydrogens is 368 g/mol. The van der Waals surface area contributed by atoms with Crippen LogP contribution in [0.2, 0.25) is 0 Å². The summed E-state index contributed by atoms with van der Waals surface area (Å²) in [7, 11) is -3.75. The van der Waals surface area contributed by atoms with Crippen molar-refractivity contribution in [2.45, 2.75) is 65.3 Å². The lowest BCUT2D eigenvalue weighted by Crippen LogP contribution is -2.42. The van der Waals surface area contributed by atoms with Crippen LogP contribution in [0.1, 0.15) is 49.4 Å². The van der Waals surface area contributed by atoms with Gasteiger partial charge in [0.2, 0.25) is 10.0 Å². The number of ether oxygens (including phenoxy) is 1. The number of hydrogen-bond acceptors (Lipinski definition) is 5. The number of esters is 1. The van der Waals surface area contributed by atoms with Crippen LogP contribution in [0.25, 0.3) is 0 Å². The SMILES string of the molecule is Cc1cc(C)c(C)c(S(=O)(=O)NCCC(=O)OCC(=O)NC(C)(C)C)c1C. The van der Waals surface area contributed by atoms with Gasteiger partial charge in [0.15, 0.2) is 6.61 Å². The molecule has 0 radical (unpaired) electrons. The molecule has 2 N–H and O–H groups in total. The van der Waals surface area contributed by atoms with E-state index in [2.05, 4.69) is 10.0 Å². The van der Waals surface area contributed by atoms with Crippen molar-refractivity contribution in [3.8, 4) is 0 Å². The van der Waals surface area contributed by atoms with Gasteiger partial charge in [-0.2, -0.15) is 0 Å². The van der Waals surface area contributed by atoms with Crippen molar-refractivity contribution in [1.29, 1.82) is 0 Å². The van der Waals surface area contributed by atoms with E-state index in [0.717, 1.165) is 11.1 Å². The molecule has 152 valence electrons. The predicted molar refractivity (Wildman–Crippen MR) is 104 cm³/mol. The number of benzene rings is 1.